The van der Waals surface area contributed by atoms with E-state index in [4.69, 9.17) is 11.1 Å². The SMILES string of the molecule is CC(=N)c1c(N)ncc(O)c1Br.SS. The quantitative estimate of drug-likeness (QED) is 0.313. The lowest BCUT2D eigenvalue weighted by atomic mass is 10.2. The van der Waals surface area contributed by atoms with Crippen molar-refractivity contribution in [3.63, 3.8) is 0 Å². The maximum absolute atomic E-state index is 9.21. The number of nitrogens with zero attached hydrogens (tertiary/aromatic N) is 1. The summed E-state index contributed by atoms with van der Waals surface area (Å²) in [5, 5.41) is 16.6. The Hall–Kier alpha value is -0.400. The highest BCUT2D eigenvalue weighted by atomic mass is 79.9. The predicted octanol–water partition coefficient (Wildman–Crippen LogP) is 2.28. The van der Waals surface area contributed by atoms with Gasteiger partial charge in [0, 0.05) is 5.71 Å². The Morgan fingerprint density at radius 2 is 2.14 bits per heavy atom. The molecular weight excluding hydrogens is 286 g/mol. The minimum atomic E-state index is -0.00852. The van der Waals surface area contributed by atoms with E-state index in [0.29, 0.717) is 10.0 Å². The minimum absolute atomic E-state index is 0.00852. The Balaban J connectivity index is 0.000000791. The van der Waals surface area contributed by atoms with E-state index in [2.05, 4.69) is 44.2 Å². The van der Waals surface area contributed by atoms with Crippen LogP contribution in [0.5, 0.6) is 5.75 Å². The van der Waals surface area contributed by atoms with Gasteiger partial charge < -0.3 is 16.2 Å². The van der Waals surface area contributed by atoms with Crippen LogP contribution in [-0.4, -0.2) is 15.8 Å². The van der Waals surface area contributed by atoms with E-state index < -0.39 is 0 Å². The molecule has 0 aliphatic carbocycles. The molecule has 78 valence electrons. The molecule has 0 spiro atoms. The number of hydrogen-bond acceptors (Lipinski definition) is 6. The number of halogens is 1. The smallest absolute Gasteiger partial charge is 0.148 e. The average molecular weight is 296 g/mol. The van der Waals surface area contributed by atoms with Crippen molar-refractivity contribution in [2.45, 2.75) is 6.92 Å². The second kappa shape index (κ2) is 6.15. The molecule has 0 bridgehead atoms. The van der Waals surface area contributed by atoms with E-state index in [-0.39, 0.29) is 17.3 Å². The van der Waals surface area contributed by atoms with Gasteiger partial charge in [-0.1, -0.05) is 0 Å². The first-order valence-corrected chi connectivity index (χ1v) is 5.81. The largest absolute Gasteiger partial charge is 0.505 e. The molecule has 0 saturated carbocycles. The second-order valence-corrected chi connectivity index (χ2v) is 3.14. The molecule has 1 heterocycles. The third kappa shape index (κ3) is 3.07. The Kier molecular flexibility index (Phi) is 5.98. The molecule has 1 aromatic heterocycles. The normalized spacial score (nSPS) is 8.86. The van der Waals surface area contributed by atoms with Crippen molar-refractivity contribution in [2.75, 3.05) is 5.73 Å². The predicted molar refractivity (Wildman–Crippen MR) is 68.5 cm³/mol. The van der Waals surface area contributed by atoms with Crippen molar-refractivity contribution in [1.82, 2.24) is 4.98 Å². The van der Waals surface area contributed by atoms with Crippen LogP contribution in [0, 0.1) is 5.41 Å². The lowest BCUT2D eigenvalue weighted by Gasteiger charge is -2.06. The van der Waals surface area contributed by atoms with E-state index >= 15 is 0 Å². The topological polar surface area (TPSA) is 83.0 Å². The number of pyridine rings is 1. The van der Waals surface area contributed by atoms with Crippen molar-refractivity contribution < 1.29 is 5.11 Å². The van der Waals surface area contributed by atoms with Crippen LogP contribution >= 0.6 is 39.3 Å². The number of aromatic hydroxyl groups is 1. The maximum atomic E-state index is 9.21. The molecule has 0 saturated heterocycles. The van der Waals surface area contributed by atoms with E-state index in [1.54, 1.807) is 6.92 Å². The molecular formula is C7H10BrN3OS2. The van der Waals surface area contributed by atoms with E-state index in [0.717, 1.165) is 0 Å². The molecule has 0 radical (unpaired) electrons. The summed E-state index contributed by atoms with van der Waals surface area (Å²) in [5.74, 6) is 0.234. The lowest BCUT2D eigenvalue weighted by Crippen LogP contribution is -2.03. The molecule has 0 atom stereocenters. The molecule has 7 heteroatoms. The fourth-order valence-electron chi connectivity index (χ4n) is 0.849. The molecule has 0 aliphatic rings. The summed E-state index contributed by atoms with van der Waals surface area (Å²) in [5.41, 5.74) is 6.20. The summed E-state index contributed by atoms with van der Waals surface area (Å²) in [4.78, 5) is 3.72. The lowest BCUT2D eigenvalue weighted by molar-refractivity contribution is 0.469. The highest BCUT2D eigenvalue weighted by Crippen LogP contribution is 2.29. The molecule has 14 heavy (non-hydrogen) atoms. The van der Waals surface area contributed by atoms with Gasteiger partial charge in [-0.05, 0) is 22.9 Å². The molecule has 1 aromatic rings. The number of nitrogen functional groups attached to an aromatic ring is 1. The van der Waals surface area contributed by atoms with Crippen LogP contribution in [0.2, 0.25) is 0 Å². The van der Waals surface area contributed by atoms with Crippen molar-refractivity contribution in [1.29, 1.82) is 5.41 Å². The van der Waals surface area contributed by atoms with Gasteiger partial charge in [0.15, 0.2) is 0 Å². The van der Waals surface area contributed by atoms with E-state index in [9.17, 15) is 5.11 Å². The van der Waals surface area contributed by atoms with Crippen LogP contribution in [0.15, 0.2) is 10.7 Å². The van der Waals surface area contributed by atoms with Crippen molar-refractivity contribution in [3.05, 3.63) is 16.2 Å². The summed E-state index contributed by atoms with van der Waals surface area (Å²) in [6.07, 6.45) is 1.24. The zero-order chi connectivity index (χ0) is 11.3. The molecule has 4 nitrogen and oxygen atoms in total. The van der Waals surface area contributed by atoms with E-state index in [1.165, 1.54) is 6.20 Å². The monoisotopic (exact) mass is 295 g/mol. The third-order valence-corrected chi connectivity index (χ3v) is 2.20. The number of aromatic nitrogens is 1. The number of nitrogens with one attached hydrogen (secondary N) is 1. The number of hydrogen-bond donors (Lipinski definition) is 5. The number of rotatable bonds is 1. The van der Waals surface area contributed by atoms with Crippen LogP contribution in [-0.2, 0) is 0 Å². The Morgan fingerprint density at radius 1 is 1.64 bits per heavy atom. The number of thiol groups is 2. The van der Waals surface area contributed by atoms with Crippen molar-refractivity contribution in [2.24, 2.45) is 0 Å². The van der Waals surface area contributed by atoms with Crippen LogP contribution in [0.1, 0.15) is 12.5 Å². The first-order valence-electron chi connectivity index (χ1n) is 3.42. The summed E-state index contributed by atoms with van der Waals surface area (Å²) in [6, 6.07) is 0. The number of nitrogens with two attached hydrogens (primary N) is 1. The molecule has 0 aromatic carbocycles. The van der Waals surface area contributed by atoms with Crippen molar-refractivity contribution >= 4 is 50.8 Å². The van der Waals surface area contributed by atoms with Crippen LogP contribution < -0.4 is 5.73 Å². The van der Waals surface area contributed by atoms with Crippen LogP contribution in [0.3, 0.4) is 0 Å². The van der Waals surface area contributed by atoms with Crippen LogP contribution in [0.25, 0.3) is 0 Å². The summed E-state index contributed by atoms with van der Waals surface area (Å²) in [7, 11) is 0. The zero-order valence-corrected chi connectivity index (χ0v) is 10.7. The Labute approximate surface area is 101 Å². The van der Waals surface area contributed by atoms with Gasteiger partial charge in [-0.2, -0.15) is 0 Å². The average Bonchev–Trinajstić information content (AvgIpc) is 2.15. The van der Waals surface area contributed by atoms with Gasteiger partial charge >= 0.3 is 0 Å². The molecule has 4 N–H and O–H groups in total. The summed E-state index contributed by atoms with van der Waals surface area (Å²) >= 11 is 9.57. The zero-order valence-electron chi connectivity index (χ0n) is 7.32. The summed E-state index contributed by atoms with van der Waals surface area (Å²) < 4.78 is 0.419. The summed E-state index contributed by atoms with van der Waals surface area (Å²) in [6.45, 7) is 1.58. The van der Waals surface area contributed by atoms with Crippen LogP contribution in [0.4, 0.5) is 5.82 Å². The van der Waals surface area contributed by atoms with Gasteiger partial charge in [-0.25, -0.2) is 4.98 Å². The van der Waals surface area contributed by atoms with Gasteiger partial charge in [0.1, 0.15) is 11.6 Å². The first-order chi connectivity index (χ1) is 6.54. The standard InChI is InChI=1S/C7H8BrN3O.H2S2/c1-3(9)5-6(8)4(12)2-11-7(5)10;1-2/h2,9,12H,1H3,(H2,10,11);1-2H. The minimum Gasteiger partial charge on any atom is -0.505 e. The molecule has 0 amide bonds. The molecule has 0 fully saturated rings. The molecule has 0 unspecified atom stereocenters. The highest BCUT2D eigenvalue weighted by Gasteiger charge is 2.11. The van der Waals surface area contributed by atoms with Gasteiger partial charge in [-0.3, -0.25) is 0 Å². The van der Waals surface area contributed by atoms with Gasteiger partial charge in [0.05, 0.1) is 16.2 Å². The Morgan fingerprint density at radius 3 is 2.50 bits per heavy atom. The van der Waals surface area contributed by atoms with Crippen molar-refractivity contribution in [3.8, 4) is 5.75 Å². The van der Waals surface area contributed by atoms with Gasteiger partial charge in [0.25, 0.3) is 0 Å². The molecule has 0 aliphatic heterocycles. The molecule has 1 rings (SSSR count). The highest BCUT2D eigenvalue weighted by molar-refractivity contribution is 9.10. The fraction of sp³-hybridized carbons (Fsp3) is 0.143. The second-order valence-electron chi connectivity index (χ2n) is 2.34. The third-order valence-electron chi connectivity index (χ3n) is 1.40. The van der Waals surface area contributed by atoms with Gasteiger partial charge in [0.2, 0.25) is 0 Å². The Bertz CT molecular complexity index is 346. The first kappa shape index (κ1) is 13.6. The maximum Gasteiger partial charge on any atom is 0.148 e. The fourth-order valence-corrected chi connectivity index (χ4v) is 1.45. The van der Waals surface area contributed by atoms with E-state index in [1.807, 2.05) is 0 Å². The van der Waals surface area contributed by atoms with Gasteiger partial charge in [-0.15, -0.1) is 23.3 Å². The number of anilines is 1.